The van der Waals surface area contributed by atoms with Crippen molar-refractivity contribution in [1.29, 1.82) is 0 Å². The predicted molar refractivity (Wildman–Crippen MR) is 115 cm³/mol. The average molecular weight is 398 g/mol. The zero-order valence-electron chi connectivity index (χ0n) is 16.1. The van der Waals surface area contributed by atoms with Crippen LogP contribution in [0.1, 0.15) is 21.5 Å². The van der Waals surface area contributed by atoms with Crippen molar-refractivity contribution in [3.8, 4) is 5.75 Å². The second-order valence-corrected chi connectivity index (χ2v) is 6.60. The van der Waals surface area contributed by atoms with Gasteiger partial charge in [0.2, 0.25) is 0 Å². The number of rotatable bonds is 5. The Balaban J connectivity index is 1.76. The molecular formula is C24H18N2O4. The molecule has 1 aliphatic heterocycles. The third-order valence-electron chi connectivity index (χ3n) is 4.68. The first-order chi connectivity index (χ1) is 14.6. The van der Waals surface area contributed by atoms with Crippen LogP contribution in [-0.2, 0) is 4.79 Å². The maximum absolute atomic E-state index is 13.2. The molecule has 6 nitrogen and oxygen atoms in total. The van der Waals surface area contributed by atoms with Gasteiger partial charge in [0.05, 0.1) is 18.4 Å². The molecular weight excluding hydrogens is 380 g/mol. The number of amidine groups is 1. The molecule has 3 aromatic carbocycles. The summed E-state index contributed by atoms with van der Waals surface area (Å²) in [7, 11) is 1.60. The summed E-state index contributed by atoms with van der Waals surface area (Å²) in [6.45, 7) is 0. The van der Waals surface area contributed by atoms with Crippen LogP contribution in [0.4, 0.5) is 5.69 Å². The molecule has 0 saturated heterocycles. The van der Waals surface area contributed by atoms with Gasteiger partial charge in [0.15, 0.2) is 0 Å². The maximum Gasteiger partial charge on any atom is 0.335 e. The van der Waals surface area contributed by atoms with E-state index in [2.05, 4.69) is 4.99 Å². The van der Waals surface area contributed by atoms with Crippen LogP contribution in [0.25, 0.3) is 6.08 Å². The summed E-state index contributed by atoms with van der Waals surface area (Å²) in [5, 5.41) is 9.05. The lowest BCUT2D eigenvalue weighted by Gasteiger charge is -2.18. The minimum atomic E-state index is -0.999. The number of aromatic carboxylic acids is 1. The van der Waals surface area contributed by atoms with E-state index in [1.54, 1.807) is 30.2 Å². The number of hydrogen-bond donors (Lipinski definition) is 1. The van der Waals surface area contributed by atoms with Crippen LogP contribution in [0.3, 0.4) is 0 Å². The highest BCUT2D eigenvalue weighted by molar-refractivity contribution is 6.33. The number of anilines is 1. The second kappa shape index (κ2) is 8.05. The van der Waals surface area contributed by atoms with E-state index in [1.807, 2.05) is 54.6 Å². The molecule has 0 atom stereocenters. The molecule has 1 heterocycles. The monoisotopic (exact) mass is 398 g/mol. The largest absolute Gasteiger partial charge is 0.497 e. The van der Waals surface area contributed by atoms with Crippen LogP contribution in [0, 0.1) is 0 Å². The summed E-state index contributed by atoms with van der Waals surface area (Å²) in [6, 6.07) is 22.9. The Bertz CT molecular complexity index is 1150. The van der Waals surface area contributed by atoms with E-state index in [0.29, 0.717) is 22.8 Å². The van der Waals surface area contributed by atoms with Crippen LogP contribution < -0.4 is 9.64 Å². The lowest BCUT2D eigenvalue weighted by molar-refractivity contribution is -0.113. The summed E-state index contributed by atoms with van der Waals surface area (Å²) in [5.41, 5.74) is 2.63. The Labute approximate surface area is 173 Å². The van der Waals surface area contributed by atoms with E-state index in [-0.39, 0.29) is 17.2 Å². The van der Waals surface area contributed by atoms with Crippen molar-refractivity contribution in [2.75, 3.05) is 12.0 Å². The molecule has 4 rings (SSSR count). The van der Waals surface area contributed by atoms with Gasteiger partial charge >= 0.3 is 5.97 Å². The third-order valence-corrected chi connectivity index (χ3v) is 4.68. The van der Waals surface area contributed by atoms with E-state index in [9.17, 15) is 9.59 Å². The lowest BCUT2D eigenvalue weighted by atomic mass is 10.1. The number of para-hydroxylation sites is 1. The Morgan fingerprint density at radius 1 is 0.967 bits per heavy atom. The predicted octanol–water partition coefficient (Wildman–Crippen LogP) is 4.23. The van der Waals surface area contributed by atoms with Gasteiger partial charge in [-0.2, -0.15) is 0 Å². The highest BCUT2D eigenvalue weighted by atomic mass is 16.5. The van der Waals surface area contributed by atoms with Crippen molar-refractivity contribution in [2.24, 2.45) is 4.99 Å². The van der Waals surface area contributed by atoms with Crippen molar-refractivity contribution < 1.29 is 19.4 Å². The Hall–Kier alpha value is -4.19. The van der Waals surface area contributed by atoms with Gasteiger partial charge < -0.3 is 9.84 Å². The number of carbonyl (C=O) groups excluding carboxylic acids is 1. The van der Waals surface area contributed by atoms with Gasteiger partial charge in [0.1, 0.15) is 17.3 Å². The fourth-order valence-electron chi connectivity index (χ4n) is 3.15. The van der Waals surface area contributed by atoms with Gasteiger partial charge in [-0.25, -0.2) is 9.79 Å². The molecule has 148 valence electrons. The maximum atomic E-state index is 13.2. The van der Waals surface area contributed by atoms with Crippen molar-refractivity contribution in [3.05, 3.63) is 101 Å². The quantitative estimate of drug-likeness (QED) is 0.653. The van der Waals surface area contributed by atoms with Crippen molar-refractivity contribution in [2.45, 2.75) is 0 Å². The zero-order valence-corrected chi connectivity index (χ0v) is 16.1. The molecule has 6 heteroatoms. The molecule has 0 radical (unpaired) electrons. The summed E-state index contributed by atoms with van der Waals surface area (Å²) >= 11 is 0. The molecule has 3 aromatic rings. The van der Waals surface area contributed by atoms with Crippen LogP contribution in [0.15, 0.2) is 89.6 Å². The number of carboxylic acids is 1. The minimum Gasteiger partial charge on any atom is -0.497 e. The number of aliphatic imine (C=N–C) groups is 1. The SMILES string of the molecule is COc1ccc(C2=N/C(=C/c3ccc(C(=O)O)cc3)C(=O)N2c2ccccc2)cc1. The fourth-order valence-corrected chi connectivity index (χ4v) is 3.15. The Morgan fingerprint density at radius 3 is 2.23 bits per heavy atom. The van der Waals surface area contributed by atoms with Crippen molar-refractivity contribution in [1.82, 2.24) is 0 Å². The Kier molecular flexibility index (Phi) is 5.13. The Morgan fingerprint density at radius 2 is 1.63 bits per heavy atom. The molecule has 0 fully saturated rings. The molecule has 0 aliphatic carbocycles. The molecule has 0 aromatic heterocycles. The molecule has 0 spiro atoms. The van der Waals surface area contributed by atoms with E-state index in [4.69, 9.17) is 9.84 Å². The normalized spacial score (nSPS) is 14.7. The first-order valence-electron chi connectivity index (χ1n) is 9.24. The number of hydrogen-bond acceptors (Lipinski definition) is 4. The standard InChI is InChI=1S/C24H18N2O4/c1-30-20-13-11-17(12-14-20)22-25-21(15-16-7-9-18(10-8-16)24(28)29)23(27)26(22)19-5-3-2-4-6-19/h2-15H,1H3,(H,28,29)/b21-15+. The van der Waals surface area contributed by atoms with Crippen molar-refractivity contribution >= 4 is 29.5 Å². The van der Waals surface area contributed by atoms with E-state index in [1.165, 1.54) is 12.1 Å². The molecule has 1 aliphatic rings. The fraction of sp³-hybridized carbons (Fsp3) is 0.0417. The number of methoxy groups -OCH3 is 1. The number of carboxylic acid groups (broad SMARTS) is 1. The van der Waals surface area contributed by atoms with Crippen LogP contribution in [0.2, 0.25) is 0 Å². The number of carbonyl (C=O) groups is 2. The van der Waals surface area contributed by atoms with Crippen LogP contribution in [-0.4, -0.2) is 29.9 Å². The van der Waals surface area contributed by atoms with Gasteiger partial charge in [0.25, 0.3) is 5.91 Å². The molecule has 1 N–H and O–H groups in total. The van der Waals surface area contributed by atoms with Crippen molar-refractivity contribution in [3.63, 3.8) is 0 Å². The number of benzene rings is 3. The smallest absolute Gasteiger partial charge is 0.335 e. The van der Waals surface area contributed by atoms with E-state index in [0.717, 1.165) is 5.56 Å². The third kappa shape index (κ3) is 3.71. The number of ether oxygens (including phenoxy) is 1. The highest BCUT2D eigenvalue weighted by Gasteiger charge is 2.32. The van der Waals surface area contributed by atoms with Gasteiger partial charge in [0, 0.05) is 5.56 Å². The van der Waals surface area contributed by atoms with Gasteiger partial charge in [-0.1, -0.05) is 30.3 Å². The molecule has 30 heavy (non-hydrogen) atoms. The minimum absolute atomic E-state index is 0.184. The topological polar surface area (TPSA) is 79.2 Å². The highest BCUT2D eigenvalue weighted by Crippen LogP contribution is 2.28. The molecule has 0 saturated carbocycles. The van der Waals surface area contributed by atoms with Gasteiger partial charge in [-0.3, -0.25) is 9.69 Å². The molecule has 1 amide bonds. The van der Waals surface area contributed by atoms with E-state index < -0.39 is 5.97 Å². The molecule has 0 bridgehead atoms. The first kappa shape index (κ1) is 19.1. The van der Waals surface area contributed by atoms with Crippen LogP contribution >= 0.6 is 0 Å². The van der Waals surface area contributed by atoms with E-state index >= 15 is 0 Å². The molecule has 0 unspecified atom stereocenters. The van der Waals surface area contributed by atoms with Gasteiger partial charge in [-0.05, 0) is 60.2 Å². The number of amides is 1. The summed E-state index contributed by atoms with van der Waals surface area (Å²) < 4.78 is 5.22. The second-order valence-electron chi connectivity index (χ2n) is 6.60. The average Bonchev–Trinajstić information content (AvgIpc) is 3.10. The van der Waals surface area contributed by atoms with Crippen LogP contribution in [0.5, 0.6) is 5.75 Å². The lowest BCUT2D eigenvalue weighted by Crippen LogP contribution is -2.32. The number of nitrogens with zero attached hydrogens (tertiary/aromatic N) is 2. The summed E-state index contributed by atoms with van der Waals surface area (Å²) in [6.07, 6.45) is 1.65. The summed E-state index contributed by atoms with van der Waals surface area (Å²) in [5.74, 6) is -0.0259. The zero-order chi connectivity index (χ0) is 21.1. The van der Waals surface area contributed by atoms with Gasteiger partial charge in [-0.15, -0.1) is 0 Å². The summed E-state index contributed by atoms with van der Waals surface area (Å²) in [4.78, 5) is 30.4. The first-order valence-corrected chi connectivity index (χ1v) is 9.24.